The molecule has 3 heteroatoms. The Hall–Kier alpha value is -0.930. The molecule has 2 rings (SSSR count). The lowest BCUT2D eigenvalue weighted by molar-refractivity contribution is 0.351. The van der Waals surface area contributed by atoms with Crippen molar-refractivity contribution in [1.82, 2.24) is 5.32 Å². The number of rotatable bonds is 6. The van der Waals surface area contributed by atoms with E-state index >= 15 is 0 Å². The van der Waals surface area contributed by atoms with E-state index in [9.17, 15) is 4.39 Å². The Balaban J connectivity index is 1.94. The van der Waals surface area contributed by atoms with Crippen LogP contribution in [0.5, 0.6) is 0 Å². The summed E-state index contributed by atoms with van der Waals surface area (Å²) in [5.74, 6) is 1.46. The molecule has 0 saturated heterocycles. The second-order valence-corrected chi connectivity index (χ2v) is 5.93. The van der Waals surface area contributed by atoms with Crippen LogP contribution in [0.4, 0.5) is 4.39 Å². The van der Waals surface area contributed by atoms with Crippen LogP contribution in [-0.4, -0.2) is 18.6 Å². The van der Waals surface area contributed by atoms with Gasteiger partial charge in [-0.25, -0.2) is 4.39 Å². The molecule has 3 N–H and O–H groups in total. The van der Waals surface area contributed by atoms with E-state index in [1.165, 1.54) is 12.5 Å². The zero-order valence-electron chi connectivity index (χ0n) is 11.2. The summed E-state index contributed by atoms with van der Waals surface area (Å²) in [6.07, 6.45) is 2.08. The first-order valence-electron chi connectivity index (χ1n) is 6.72. The molecular formula is C15H23FN2. The summed E-state index contributed by atoms with van der Waals surface area (Å²) < 4.78 is 13.2. The SMILES string of the molecule is CC1CC1CNC(C)(CN)Cc1cccc(F)c1. The first-order chi connectivity index (χ1) is 8.52. The Bertz CT molecular complexity index is 407. The lowest BCUT2D eigenvalue weighted by Gasteiger charge is -2.30. The number of nitrogens with two attached hydrogens (primary N) is 1. The zero-order chi connectivity index (χ0) is 13.2. The number of hydrogen-bond donors (Lipinski definition) is 2. The van der Waals surface area contributed by atoms with E-state index in [0.29, 0.717) is 6.54 Å². The van der Waals surface area contributed by atoms with Crippen LogP contribution >= 0.6 is 0 Å². The number of hydrogen-bond acceptors (Lipinski definition) is 2. The van der Waals surface area contributed by atoms with Gasteiger partial charge in [0.05, 0.1) is 0 Å². The second-order valence-electron chi connectivity index (χ2n) is 5.93. The van der Waals surface area contributed by atoms with Crippen molar-refractivity contribution in [3.8, 4) is 0 Å². The molecule has 1 saturated carbocycles. The van der Waals surface area contributed by atoms with Gasteiger partial charge >= 0.3 is 0 Å². The maximum atomic E-state index is 13.2. The van der Waals surface area contributed by atoms with Crippen LogP contribution in [-0.2, 0) is 6.42 Å². The van der Waals surface area contributed by atoms with Crippen molar-refractivity contribution in [3.05, 3.63) is 35.6 Å². The summed E-state index contributed by atoms with van der Waals surface area (Å²) in [5.41, 5.74) is 6.73. The number of benzene rings is 1. The van der Waals surface area contributed by atoms with E-state index in [1.807, 2.05) is 6.07 Å². The van der Waals surface area contributed by atoms with Gasteiger partial charge in [0.2, 0.25) is 0 Å². The molecule has 1 aliphatic rings. The fourth-order valence-electron chi connectivity index (χ4n) is 2.37. The van der Waals surface area contributed by atoms with Crippen molar-refractivity contribution in [3.63, 3.8) is 0 Å². The molecule has 1 aromatic carbocycles. The zero-order valence-corrected chi connectivity index (χ0v) is 11.2. The predicted octanol–water partition coefficient (Wildman–Crippen LogP) is 2.33. The summed E-state index contributed by atoms with van der Waals surface area (Å²) in [5, 5.41) is 3.56. The largest absolute Gasteiger partial charge is 0.329 e. The lowest BCUT2D eigenvalue weighted by atomic mass is 9.92. The van der Waals surface area contributed by atoms with Crippen LogP contribution in [0.1, 0.15) is 25.8 Å². The van der Waals surface area contributed by atoms with Gasteiger partial charge in [-0.3, -0.25) is 0 Å². The minimum absolute atomic E-state index is 0.143. The molecule has 1 aromatic rings. The summed E-state index contributed by atoms with van der Waals surface area (Å²) in [7, 11) is 0. The van der Waals surface area contributed by atoms with E-state index in [-0.39, 0.29) is 11.4 Å². The molecule has 3 unspecified atom stereocenters. The van der Waals surface area contributed by atoms with Crippen LogP contribution in [0.3, 0.4) is 0 Å². The van der Waals surface area contributed by atoms with Crippen LogP contribution in [0, 0.1) is 17.7 Å². The molecule has 0 aromatic heterocycles. The van der Waals surface area contributed by atoms with E-state index < -0.39 is 0 Å². The highest BCUT2D eigenvalue weighted by Gasteiger charge is 2.34. The highest BCUT2D eigenvalue weighted by atomic mass is 19.1. The average Bonchev–Trinajstić information content (AvgIpc) is 3.03. The predicted molar refractivity (Wildman–Crippen MR) is 72.8 cm³/mol. The average molecular weight is 250 g/mol. The second kappa shape index (κ2) is 5.37. The Labute approximate surface area is 109 Å². The van der Waals surface area contributed by atoms with Crippen molar-refractivity contribution in [1.29, 1.82) is 0 Å². The summed E-state index contributed by atoms with van der Waals surface area (Å²) in [6.45, 7) is 5.97. The van der Waals surface area contributed by atoms with Gasteiger partial charge in [0, 0.05) is 12.1 Å². The van der Waals surface area contributed by atoms with Crippen LogP contribution < -0.4 is 11.1 Å². The smallest absolute Gasteiger partial charge is 0.123 e. The molecule has 1 fully saturated rings. The van der Waals surface area contributed by atoms with Crippen molar-refractivity contribution >= 4 is 0 Å². The third kappa shape index (κ3) is 3.53. The van der Waals surface area contributed by atoms with Crippen LogP contribution in [0.25, 0.3) is 0 Å². The maximum Gasteiger partial charge on any atom is 0.123 e. The van der Waals surface area contributed by atoms with Gasteiger partial charge in [0.1, 0.15) is 5.82 Å². The molecule has 0 spiro atoms. The Kier molecular flexibility index (Phi) is 4.03. The van der Waals surface area contributed by atoms with Gasteiger partial charge in [-0.05, 0) is 55.8 Å². The van der Waals surface area contributed by atoms with Gasteiger partial charge in [-0.2, -0.15) is 0 Å². The molecule has 0 amide bonds. The molecule has 0 bridgehead atoms. The van der Waals surface area contributed by atoms with Crippen molar-refractivity contribution < 1.29 is 4.39 Å². The first kappa shape index (κ1) is 13.5. The minimum atomic E-state index is -0.178. The molecular weight excluding hydrogens is 227 g/mol. The first-order valence-corrected chi connectivity index (χ1v) is 6.72. The Morgan fingerprint density at radius 1 is 1.50 bits per heavy atom. The van der Waals surface area contributed by atoms with Gasteiger partial charge in [0.15, 0.2) is 0 Å². The van der Waals surface area contributed by atoms with Gasteiger partial charge in [-0.15, -0.1) is 0 Å². The quantitative estimate of drug-likeness (QED) is 0.813. The number of halogens is 1. The summed E-state index contributed by atoms with van der Waals surface area (Å²) in [4.78, 5) is 0. The maximum absolute atomic E-state index is 13.2. The normalized spacial score (nSPS) is 25.8. The summed E-state index contributed by atoms with van der Waals surface area (Å²) in [6, 6.07) is 6.78. The fraction of sp³-hybridized carbons (Fsp3) is 0.600. The minimum Gasteiger partial charge on any atom is -0.329 e. The number of nitrogens with one attached hydrogen (secondary N) is 1. The molecule has 100 valence electrons. The molecule has 2 nitrogen and oxygen atoms in total. The van der Waals surface area contributed by atoms with E-state index in [1.54, 1.807) is 12.1 Å². The monoisotopic (exact) mass is 250 g/mol. The molecule has 0 heterocycles. The van der Waals surface area contributed by atoms with Crippen molar-refractivity contribution in [2.24, 2.45) is 17.6 Å². The topological polar surface area (TPSA) is 38.0 Å². The van der Waals surface area contributed by atoms with Crippen molar-refractivity contribution in [2.75, 3.05) is 13.1 Å². The molecule has 0 aliphatic heterocycles. The van der Waals surface area contributed by atoms with Gasteiger partial charge in [0.25, 0.3) is 0 Å². The van der Waals surface area contributed by atoms with Gasteiger partial charge in [-0.1, -0.05) is 19.1 Å². The third-order valence-corrected chi connectivity index (χ3v) is 4.00. The van der Waals surface area contributed by atoms with Crippen LogP contribution in [0.15, 0.2) is 24.3 Å². The molecule has 0 radical (unpaired) electrons. The van der Waals surface area contributed by atoms with Crippen molar-refractivity contribution in [2.45, 2.75) is 32.2 Å². The lowest BCUT2D eigenvalue weighted by Crippen LogP contribution is -2.51. The third-order valence-electron chi connectivity index (χ3n) is 4.00. The Morgan fingerprint density at radius 3 is 2.78 bits per heavy atom. The summed E-state index contributed by atoms with van der Waals surface area (Å²) >= 11 is 0. The van der Waals surface area contributed by atoms with E-state index in [0.717, 1.165) is 30.4 Å². The Morgan fingerprint density at radius 2 is 2.22 bits per heavy atom. The standard InChI is InChI=1S/C15H23FN2/c1-11-6-13(11)9-18-15(2,10-17)8-12-4-3-5-14(16)7-12/h3-5,7,11,13,18H,6,8-10,17H2,1-2H3. The van der Waals surface area contributed by atoms with E-state index in [2.05, 4.69) is 19.2 Å². The molecule has 3 atom stereocenters. The van der Waals surface area contributed by atoms with E-state index in [4.69, 9.17) is 5.73 Å². The highest BCUT2D eigenvalue weighted by molar-refractivity contribution is 5.19. The molecule has 1 aliphatic carbocycles. The highest BCUT2D eigenvalue weighted by Crippen LogP contribution is 2.37. The fourth-order valence-corrected chi connectivity index (χ4v) is 2.37. The van der Waals surface area contributed by atoms with Gasteiger partial charge < -0.3 is 11.1 Å². The van der Waals surface area contributed by atoms with Crippen LogP contribution in [0.2, 0.25) is 0 Å². The molecule has 18 heavy (non-hydrogen) atoms.